The molecular formula is C21H20ClN5O3. The van der Waals surface area contributed by atoms with Gasteiger partial charge in [0.05, 0.1) is 5.69 Å². The van der Waals surface area contributed by atoms with Crippen LogP contribution in [0.1, 0.15) is 16.7 Å². The van der Waals surface area contributed by atoms with Crippen molar-refractivity contribution >= 4 is 40.7 Å². The summed E-state index contributed by atoms with van der Waals surface area (Å²) in [5.41, 5.74) is 3.92. The molecule has 4 rings (SSSR count). The average Bonchev–Trinajstić information content (AvgIpc) is 3.21. The van der Waals surface area contributed by atoms with Gasteiger partial charge in [-0.05, 0) is 55.7 Å². The number of nitrogens with zero attached hydrogens (tertiary/aromatic N) is 4. The lowest BCUT2D eigenvalue weighted by atomic mass is 10.1. The summed E-state index contributed by atoms with van der Waals surface area (Å²) in [5, 5.41) is 12.4. The number of carbonyl (C=O) groups excluding carboxylic acids is 3. The Balaban J connectivity index is 1.51. The normalized spacial score (nSPS) is 20.1. The topological polar surface area (TPSA) is 94.4 Å². The van der Waals surface area contributed by atoms with Crippen molar-refractivity contribution < 1.29 is 14.4 Å². The van der Waals surface area contributed by atoms with Gasteiger partial charge in [-0.25, -0.2) is 4.90 Å². The van der Waals surface area contributed by atoms with Crippen LogP contribution in [-0.2, 0) is 14.4 Å². The minimum absolute atomic E-state index is 0.195. The number of halogens is 1. The van der Waals surface area contributed by atoms with Gasteiger partial charge in [-0.3, -0.25) is 19.4 Å². The van der Waals surface area contributed by atoms with E-state index in [-0.39, 0.29) is 12.5 Å². The van der Waals surface area contributed by atoms with Crippen molar-refractivity contribution in [2.24, 2.45) is 10.3 Å². The number of benzene rings is 2. The predicted molar refractivity (Wildman–Crippen MR) is 112 cm³/mol. The van der Waals surface area contributed by atoms with Crippen LogP contribution in [0.15, 0.2) is 46.7 Å². The molecule has 9 heteroatoms. The lowest BCUT2D eigenvalue weighted by Gasteiger charge is -2.20. The molecule has 2 aromatic carbocycles. The van der Waals surface area contributed by atoms with Gasteiger partial charge in [0.1, 0.15) is 6.54 Å². The molecule has 2 heterocycles. The third-order valence-corrected chi connectivity index (χ3v) is 5.86. The molecule has 0 spiro atoms. The maximum absolute atomic E-state index is 13.0. The summed E-state index contributed by atoms with van der Waals surface area (Å²) in [6.45, 7) is 5.51. The first-order chi connectivity index (χ1) is 14.3. The van der Waals surface area contributed by atoms with E-state index in [1.807, 2.05) is 39.0 Å². The molecule has 3 amide bonds. The van der Waals surface area contributed by atoms with Crippen molar-refractivity contribution in [2.75, 3.05) is 16.8 Å². The number of amides is 3. The zero-order valence-electron chi connectivity index (χ0n) is 16.7. The van der Waals surface area contributed by atoms with E-state index in [4.69, 9.17) is 11.6 Å². The minimum Gasteiger partial charge on any atom is -0.324 e. The summed E-state index contributed by atoms with van der Waals surface area (Å²) in [7, 11) is 0. The fraction of sp³-hybridized carbons (Fsp3) is 0.286. The number of hydrogen-bond acceptors (Lipinski definition) is 6. The Morgan fingerprint density at radius 2 is 1.87 bits per heavy atom. The van der Waals surface area contributed by atoms with Crippen LogP contribution in [0.3, 0.4) is 0 Å². The summed E-state index contributed by atoms with van der Waals surface area (Å²) in [4.78, 5) is 39.4. The molecule has 1 N–H and O–H groups in total. The maximum atomic E-state index is 13.0. The lowest BCUT2D eigenvalue weighted by molar-refractivity contribution is -0.123. The highest BCUT2D eigenvalue weighted by molar-refractivity contribution is 6.32. The first kappa shape index (κ1) is 20.0. The Bertz CT molecular complexity index is 1100. The first-order valence-electron chi connectivity index (χ1n) is 9.45. The summed E-state index contributed by atoms with van der Waals surface area (Å²) in [6.07, 6.45) is 0. The summed E-state index contributed by atoms with van der Waals surface area (Å²) in [5.74, 6) is -1.30. The Morgan fingerprint density at radius 1 is 1.10 bits per heavy atom. The van der Waals surface area contributed by atoms with Gasteiger partial charge < -0.3 is 5.32 Å². The van der Waals surface area contributed by atoms with Crippen LogP contribution in [0.4, 0.5) is 11.4 Å². The van der Waals surface area contributed by atoms with Crippen LogP contribution >= 0.6 is 11.6 Å². The van der Waals surface area contributed by atoms with Crippen molar-refractivity contribution in [3.05, 3.63) is 58.1 Å². The van der Waals surface area contributed by atoms with Crippen molar-refractivity contribution in [1.29, 1.82) is 0 Å². The summed E-state index contributed by atoms with van der Waals surface area (Å²) in [6, 6.07) is 8.68. The molecule has 2 aromatic rings. The standard InChI is InChI=1S/C21H20ClN5O3/c1-11-5-4-6-16(13(11)3)23-17(28)10-26-19-18(24-25-26)20(29)27(21(19)30)14-8-7-12(2)15(22)9-14/h4-9,18-19H,10H2,1-3H3,(H,23,28). The van der Waals surface area contributed by atoms with Gasteiger partial charge >= 0.3 is 0 Å². The maximum Gasteiger partial charge on any atom is 0.263 e. The van der Waals surface area contributed by atoms with E-state index in [0.717, 1.165) is 21.6 Å². The second-order valence-corrected chi connectivity index (χ2v) is 7.84. The summed E-state index contributed by atoms with van der Waals surface area (Å²) >= 11 is 6.15. The summed E-state index contributed by atoms with van der Waals surface area (Å²) < 4.78 is 0. The quantitative estimate of drug-likeness (QED) is 0.761. The molecule has 0 saturated carbocycles. The molecule has 2 atom stereocenters. The lowest BCUT2D eigenvalue weighted by Crippen LogP contribution is -2.43. The predicted octanol–water partition coefficient (Wildman–Crippen LogP) is 3.20. The van der Waals surface area contributed by atoms with Gasteiger partial charge in [-0.15, -0.1) is 0 Å². The number of aryl methyl sites for hydroxylation is 2. The number of hydrogen-bond donors (Lipinski definition) is 1. The smallest absolute Gasteiger partial charge is 0.263 e. The van der Waals surface area contributed by atoms with Gasteiger partial charge in [0.25, 0.3) is 11.8 Å². The van der Waals surface area contributed by atoms with Crippen LogP contribution in [0, 0.1) is 20.8 Å². The Morgan fingerprint density at radius 3 is 2.60 bits per heavy atom. The number of anilines is 2. The third-order valence-electron chi connectivity index (χ3n) is 5.46. The molecular weight excluding hydrogens is 406 g/mol. The minimum atomic E-state index is -0.967. The second-order valence-electron chi connectivity index (χ2n) is 7.43. The number of nitrogens with one attached hydrogen (secondary N) is 1. The molecule has 2 aliphatic rings. The Kier molecular flexibility index (Phi) is 5.03. The van der Waals surface area contributed by atoms with Gasteiger partial charge in [0.2, 0.25) is 5.91 Å². The van der Waals surface area contributed by atoms with Crippen molar-refractivity contribution in [2.45, 2.75) is 32.9 Å². The molecule has 0 aromatic heterocycles. The number of carbonyl (C=O) groups is 3. The van der Waals surface area contributed by atoms with Gasteiger partial charge in [0.15, 0.2) is 12.1 Å². The fourth-order valence-corrected chi connectivity index (χ4v) is 3.73. The van der Waals surface area contributed by atoms with Gasteiger partial charge in [-0.2, -0.15) is 5.11 Å². The highest BCUT2D eigenvalue weighted by atomic mass is 35.5. The SMILES string of the molecule is Cc1ccc(N2C(=O)C3N=NN(CC(=O)Nc4cccc(C)c4C)C3C2=O)cc1Cl. The monoisotopic (exact) mass is 425 g/mol. The number of fused-ring (bicyclic) bond motifs is 1. The van der Waals surface area contributed by atoms with E-state index in [2.05, 4.69) is 15.7 Å². The highest BCUT2D eigenvalue weighted by Crippen LogP contribution is 2.33. The number of rotatable bonds is 4. The van der Waals surface area contributed by atoms with Crippen LogP contribution in [0.25, 0.3) is 0 Å². The van der Waals surface area contributed by atoms with E-state index >= 15 is 0 Å². The molecule has 2 unspecified atom stereocenters. The molecule has 0 aliphatic carbocycles. The molecule has 1 saturated heterocycles. The van der Waals surface area contributed by atoms with Crippen molar-refractivity contribution in [3.63, 3.8) is 0 Å². The van der Waals surface area contributed by atoms with E-state index in [1.165, 1.54) is 5.01 Å². The zero-order valence-corrected chi connectivity index (χ0v) is 17.5. The molecule has 0 radical (unpaired) electrons. The molecule has 0 bridgehead atoms. The molecule has 154 valence electrons. The first-order valence-corrected chi connectivity index (χ1v) is 9.83. The van der Waals surface area contributed by atoms with Crippen molar-refractivity contribution in [1.82, 2.24) is 5.01 Å². The average molecular weight is 426 g/mol. The number of imide groups is 1. The fourth-order valence-electron chi connectivity index (χ4n) is 3.55. The van der Waals surface area contributed by atoms with E-state index < -0.39 is 23.9 Å². The molecule has 2 aliphatic heterocycles. The van der Waals surface area contributed by atoms with E-state index in [0.29, 0.717) is 16.4 Å². The van der Waals surface area contributed by atoms with Gasteiger partial charge in [0, 0.05) is 10.7 Å². The zero-order chi connectivity index (χ0) is 21.6. The van der Waals surface area contributed by atoms with Crippen molar-refractivity contribution in [3.8, 4) is 0 Å². The van der Waals surface area contributed by atoms with E-state index in [1.54, 1.807) is 18.2 Å². The largest absolute Gasteiger partial charge is 0.324 e. The molecule has 8 nitrogen and oxygen atoms in total. The molecule has 1 fully saturated rings. The van der Waals surface area contributed by atoms with Crippen LogP contribution in [0.5, 0.6) is 0 Å². The van der Waals surface area contributed by atoms with Crippen LogP contribution < -0.4 is 10.2 Å². The third kappa shape index (κ3) is 3.33. The van der Waals surface area contributed by atoms with Gasteiger partial charge in [-0.1, -0.05) is 35.0 Å². The second kappa shape index (κ2) is 7.53. The van der Waals surface area contributed by atoms with E-state index in [9.17, 15) is 14.4 Å². The Labute approximate surface area is 178 Å². The Hall–Kier alpha value is -3.26. The molecule has 30 heavy (non-hydrogen) atoms. The van der Waals surface area contributed by atoms with Crippen LogP contribution in [0.2, 0.25) is 5.02 Å². The van der Waals surface area contributed by atoms with Crippen LogP contribution in [-0.4, -0.2) is 41.4 Å². The highest BCUT2D eigenvalue weighted by Gasteiger charge is 2.55.